The molecule has 0 bridgehead atoms. The number of thioether (sulfide) groups is 1. The van der Waals surface area contributed by atoms with Crippen LogP contribution < -0.4 is 4.90 Å². The van der Waals surface area contributed by atoms with Gasteiger partial charge in [-0.3, -0.25) is 9.59 Å². The van der Waals surface area contributed by atoms with Gasteiger partial charge in [0.2, 0.25) is 11.8 Å². The number of aromatic carboxylic acids is 1. The number of hydrogen-bond acceptors (Lipinski definition) is 4. The number of imide groups is 1. The van der Waals surface area contributed by atoms with E-state index in [4.69, 9.17) is 5.11 Å². The van der Waals surface area contributed by atoms with Crippen molar-refractivity contribution in [1.29, 1.82) is 0 Å². The third kappa shape index (κ3) is 2.51. The van der Waals surface area contributed by atoms with Crippen LogP contribution in [-0.2, 0) is 9.59 Å². The average molecular weight is 377 g/mol. The van der Waals surface area contributed by atoms with Crippen molar-refractivity contribution in [1.82, 2.24) is 0 Å². The number of amides is 2. The first-order chi connectivity index (χ1) is 8.50. The summed E-state index contributed by atoms with van der Waals surface area (Å²) in [7, 11) is 0. The molecule has 1 aromatic rings. The molecule has 18 heavy (non-hydrogen) atoms. The van der Waals surface area contributed by atoms with E-state index in [1.807, 2.05) is 22.6 Å². The molecule has 0 aromatic heterocycles. The van der Waals surface area contributed by atoms with E-state index in [0.29, 0.717) is 0 Å². The molecule has 5 nitrogen and oxygen atoms in total. The highest BCUT2D eigenvalue weighted by Crippen LogP contribution is 2.27. The van der Waals surface area contributed by atoms with Gasteiger partial charge in [0.1, 0.15) is 0 Å². The Morgan fingerprint density at radius 3 is 2.44 bits per heavy atom. The number of carboxylic acids is 1. The van der Waals surface area contributed by atoms with Crippen LogP contribution in [0.1, 0.15) is 10.4 Å². The molecule has 1 aromatic carbocycles. The fourth-order valence-corrected chi connectivity index (χ4v) is 2.84. The number of halogens is 1. The van der Waals surface area contributed by atoms with E-state index in [-0.39, 0.29) is 34.6 Å². The fourth-order valence-electron chi connectivity index (χ4n) is 1.64. The fraction of sp³-hybridized carbons (Fsp3) is 0.182. The largest absolute Gasteiger partial charge is 0.478 e. The van der Waals surface area contributed by atoms with Crippen LogP contribution in [0.3, 0.4) is 0 Å². The van der Waals surface area contributed by atoms with Gasteiger partial charge in [-0.1, -0.05) is 0 Å². The quantitative estimate of drug-likeness (QED) is 0.626. The van der Waals surface area contributed by atoms with Crippen LogP contribution in [-0.4, -0.2) is 34.4 Å². The van der Waals surface area contributed by atoms with Crippen LogP contribution in [0.5, 0.6) is 0 Å². The highest BCUT2D eigenvalue weighted by molar-refractivity contribution is 14.1. The molecule has 0 unspecified atom stereocenters. The van der Waals surface area contributed by atoms with Gasteiger partial charge in [-0.2, -0.15) is 0 Å². The van der Waals surface area contributed by atoms with E-state index in [0.717, 1.165) is 8.47 Å². The summed E-state index contributed by atoms with van der Waals surface area (Å²) in [6.07, 6.45) is 0. The molecular formula is C11H8INO4S. The Balaban J connectivity index is 2.52. The maximum Gasteiger partial charge on any atom is 0.337 e. The van der Waals surface area contributed by atoms with Crippen LogP contribution in [0, 0.1) is 3.57 Å². The molecule has 0 radical (unpaired) electrons. The summed E-state index contributed by atoms with van der Waals surface area (Å²) in [5.41, 5.74) is 0.119. The van der Waals surface area contributed by atoms with Gasteiger partial charge in [0, 0.05) is 3.57 Å². The minimum absolute atomic E-state index is 0.0319. The zero-order valence-electron chi connectivity index (χ0n) is 9.05. The number of hydrogen-bond donors (Lipinski definition) is 1. The SMILES string of the molecule is O=C(O)c1cc(I)ccc1N1C(=O)CSCC1=O. The van der Waals surface area contributed by atoms with Crippen LogP contribution in [0.4, 0.5) is 5.69 Å². The normalized spacial score (nSPS) is 15.9. The van der Waals surface area contributed by atoms with Crippen molar-refractivity contribution in [2.75, 3.05) is 16.4 Å². The van der Waals surface area contributed by atoms with Gasteiger partial charge >= 0.3 is 5.97 Å². The zero-order valence-corrected chi connectivity index (χ0v) is 12.0. The van der Waals surface area contributed by atoms with E-state index in [9.17, 15) is 14.4 Å². The molecular weight excluding hydrogens is 369 g/mol. The van der Waals surface area contributed by atoms with Crippen LogP contribution in [0.2, 0.25) is 0 Å². The topological polar surface area (TPSA) is 74.7 Å². The molecule has 1 N–H and O–H groups in total. The molecule has 2 rings (SSSR count). The molecule has 1 aliphatic heterocycles. The van der Waals surface area contributed by atoms with Crippen LogP contribution >= 0.6 is 34.4 Å². The number of carbonyl (C=O) groups excluding carboxylic acids is 2. The highest BCUT2D eigenvalue weighted by atomic mass is 127. The van der Waals surface area contributed by atoms with Gasteiger partial charge in [0.25, 0.3) is 0 Å². The number of benzene rings is 1. The minimum atomic E-state index is -1.15. The van der Waals surface area contributed by atoms with Crippen LogP contribution in [0.25, 0.3) is 0 Å². The van der Waals surface area contributed by atoms with Crippen molar-refractivity contribution >= 4 is 57.8 Å². The summed E-state index contributed by atoms with van der Waals surface area (Å²) in [6.45, 7) is 0. The van der Waals surface area contributed by atoms with Crippen molar-refractivity contribution < 1.29 is 19.5 Å². The molecule has 0 saturated carbocycles. The molecule has 0 spiro atoms. The lowest BCUT2D eigenvalue weighted by Crippen LogP contribution is -2.43. The smallest absolute Gasteiger partial charge is 0.337 e. The zero-order chi connectivity index (χ0) is 13.3. The second-order valence-electron chi connectivity index (χ2n) is 3.58. The van der Waals surface area contributed by atoms with Crippen molar-refractivity contribution in [3.05, 3.63) is 27.3 Å². The number of anilines is 1. The molecule has 1 fully saturated rings. The second-order valence-corrected chi connectivity index (χ2v) is 5.81. The van der Waals surface area contributed by atoms with E-state index in [2.05, 4.69) is 0 Å². The summed E-state index contributed by atoms with van der Waals surface area (Å²) in [5, 5.41) is 9.14. The van der Waals surface area contributed by atoms with E-state index in [1.165, 1.54) is 23.9 Å². The maximum absolute atomic E-state index is 11.8. The van der Waals surface area contributed by atoms with Crippen LogP contribution in [0.15, 0.2) is 18.2 Å². The van der Waals surface area contributed by atoms with Gasteiger partial charge < -0.3 is 5.11 Å². The lowest BCUT2D eigenvalue weighted by atomic mass is 10.1. The summed E-state index contributed by atoms with van der Waals surface area (Å²) in [5.74, 6) is -1.52. The third-order valence-electron chi connectivity index (χ3n) is 2.38. The van der Waals surface area contributed by atoms with Gasteiger partial charge in [-0.05, 0) is 40.8 Å². The number of rotatable bonds is 2. The number of carboxylic acid groups (broad SMARTS) is 1. The summed E-state index contributed by atoms with van der Waals surface area (Å²) >= 11 is 3.22. The molecule has 94 valence electrons. The van der Waals surface area contributed by atoms with Crippen molar-refractivity contribution in [3.8, 4) is 0 Å². The predicted octanol–water partition coefficient (Wildman–Crippen LogP) is 1.60. The molecule has 1 heterocycles. The Morgan fingerprint density at radius 2 is 1.89 bits per heavy atom. The Kier molecular flexibility index (Phi) is 3.91. The molecule has 7 heteroatoms. The monoisotopic (exact) mass is 377 g/mol. The average Bonchev–Trinajstić information content (AvgIpc) is 2.30. The first-order valence-electron chi connectivity index (χ1n) is 4.97. The first-order valence-corrected chi connectivity index (χ1v) is 7.20. The lowest BCUT2D eigenvalue weighted by molar-refractivity contribution is -0.124. The van der Waals surface area contributed by atoms with Gasteiger partial charge in [-0.15, -0.1) is 11.8 Å². The Bertz CT molecular complexity index is 530. The van der Waals surface area contributed by atoms with E-state index < -0.39 is 5.97 Å². The van der Waals surface area contributed by atoms with Gasteiger partial charge in [0.05, 0.1) is 22.8 Å². The van der Waals surface area contributed by atoms with E-state index in [1.54, 1.807) is 6.07 Å². The summed E-state index contributed by atoms with van der Waals surface area (Å²) < 4.78 is 0.736. The van der Waals surface area contributed by atoms with Gasteiger partial charge in [0.15, 0.2) is 0 Å². The summed E-state index contributed by atoms with van der Waals surface area (Å²) in [6, 6.07) is 4.61. The maximum atomic E-state index is 11.8. The minimum Gasteiger partial charge on any atom is -0.478 e. The standard InChI is InChI=1S/C11H8INO4S/c12-6-1-2-8(7(3-6)11(16)17)13-9(14)4-18-5-10(13)15/h1-3H,4-5H2,(H,16,17). The molecule has 1 saturated heterocycles. The number of nitrogens with zero attached hydrogens (tertiary/aromatic N) is 1. The van der Waals surface area contributed by atoms with Crippen molar-refractivity contribution in [3.63, 3.8) is 0 Å². The van der Waals surface area contributed by atoms with Crippen molar-refractivity contribution in [2.24, 2.45) is 0 Å². The molecule has 2 amide bonds. The predicted molar refractivity (Wildman–Crippen MR) is 75.9 cm³/mol. The molecule has 1 aliphatic rings. The van der Waals surface area contributed by atoms with Gasteiger partial charge in [-0.25, -0.2) is 9.69 Å². The molecule has 0 atom stereocenters. The molecule has 0 aliphatic carbocycles. The summed E-state index contributed by atoms with van der Waals surface area (Å²) in [4.78, 5) is 35.6. The Morgan fingerprint density at radius 1 is 1.28 bits per heavy atom. The first kappa shape index (κ1) is 13.3. The third-order valence-corrected chi connectivity index (χ3v) is 3.95. The lowest BCUT2D eigenvalue weighted by Gasteiger charge is -2.25. The number of carbonyl (C=O) groups is 3. The highest BCUT2D eigenvalue weighted by Gasteiger charge is 2.30. The van der Waals surface area contributed by atoms with Crippen molar-refractivity contribution in [2.45, 2.75) is 0 Å². The second kappa shape index (κ2) is 5.27. The Hall–Kier alpha value is -1.09. The Labute approximate surface area is 121 Å². The van der Waals surface area contributed by atoms with E-state index >= 15 is 0 Å².